The number of nitrogens with zero attached hydrogens (tertiary/aromatic N) is 1. The maximum atomic E-state index is 5.75. The molecule has 3 rings (SSSR count). The van der Waals surface area contributed by atoms with E-state index >= 15 is 0 Å². The van der Waals surface area contributed by atoms with Crippen LogP contribution in [0.2, 0.25) is 0 Å². The summed E-state index contributed by atoms with van der Waals surface area (Å²) in [5.74, 6) is 6.28. The molecule has 0 radical (unpaired) electrons. The number of nitrogens with one attached hydrogen (secondary N) is 1. The van der Waals surface area contributed by atoms with E-state index < -0.39 is 0 Å². The maximum absolute atomic E-state index is 5.75. The summed E-state index contributed by atoms with van der Waals surface area (Å²) in [5, 5.41) is 0. The minimum absolute atomic E-state index is 0.730. The lowest BCUT2D eigenvalue weighted by atomic mass is 10.2. The topological polar surface area (TPSA) is 50.9 Å². The fourth-order valence-corrected chi connectivity index (χ4v) is 2.75. The zero-order valence-corrected chi connectivity index (χ0v) is 13.9. The Balaban J connectivity index is 1.56. The Morgan fingerprint density at radius 2 is 1.67 bits per heavy atom. The molecule has 0 unspecified atom stereocenters. The largest absolute Gasteiger partial charge is 0.399 e. The van der Waals surface area contributed by atoms with Gasteiger partial charge in [-0.15, -0.1) is 0 Å². The molecule has 24 heavy (non-hydrogen) atoms. The van der Waals surface area contributed by atoms with Crippen molar-refractivity contribution in [3.8, 4) is 11.8 Å². The predicted octanol–water partition coefficient (Wildman–Crippen LogP) is 3.86. The molecule has 0 aliphatic heterocycles. The van der Waals surface area contributed by atoms with Crippen LogP contribution >= 0.6 is 11.9 Å². The molecule has 3 nitrogen and oxygen atoms in total. The first-order valence-corrected chi connectivity index (χ1v) is 8.37. The number of pyridine rings is 1. The first kappa shape index (κ1) is 16.1. The standard InChI is InChI=1S/C20H17N3S/c21-19-3-1-2-17(14-19)5-4-16-6-8-20(9-7-16)24-23-15-18-10-12-22-13-11-18/h1-3,6-14,23H,15,21H2. The summed E-state index contributed by atoms with van der Waals surface area (Å²) in [4.78, 5) is 5.16. The summed E-state index contributed by atoms with van der Waals surface area (Å²) in [7, 11) is 0. The SMILES string of the molecule is Nc1cccc(C#Cc2ccc(SNCc3ccncc3)cc2)c1. The van der Waals surface area contributed by atoms with Gasteiger partial charge >= 0.3 is 0 Å². The molecule has 0 saturated carbocycles. The molecule has 0 atom stereocenters. The third-order valence-corrected chi connectivity index (χ3v) is 4.10. The Labute approximate surface area is 146 Å². The van der Waals surface area contributed by atoms with Crippen LogP contribution in [0, 0.1) is 11.8 Å². The monoisotopic (exact) mass is 331 g/mol. The van der Waals surface area contributed by atoms with E-state index in [1.54, 1.807) is 24.3 Å². The second kappa shape index (κ2) is 8.21. The van der Waals surface area contributed by atoms with Gasteiger partial charge in [0.25, 0.3) is 0 Å². The normalized spacial score (nSPS) is 10.0. The molecule has 0 spiro atoms. The molecule has 0 fully saturated rings. The van der Waals surface area contributed by atoms with Crippen LogP contribution < -0.4 is 10.5 Å². The van der Waals surface area contributed by atoms with E-state index in [2.05, 4.69) is 33.7 Å². The zero-order chi connectivity index (χ0) is 16.6. The van der Waals surface area contributed by atoms with E-state index in [0.29, 0.717) is 0 Å². The highest BCUT2D eigenvalue weighted by molar-refractivity contribution is 7.97. The molecule has 3 aromatic rings. The van der Waals surface area contributed by atoms with Crippen LogP contribution in [0.1, 0.15) is 16.7 Å². The van der Waals surface area contributed by atoms with Gasteiger partial charge in [-0.2, -0.15) is 0 Å². The van der Waals surface area contributed by atoms with Gasteiger partial charge in [0.05, 0.1) is 0 Å². The van der Waals surface area contributed by atoms with Crippen molar-refractivity contribution in [2.75, 3.05) is 5.73 Å². The number of nitrogens with two attached hydrogens (primary N) is 1. The second-order valence-corrected chi connectivity index (χ2v) is 6.14. The summed E-state index contributed by atoms with van der Waals surface area (Å²) >= 11 is 1.61. The average Bonchev–Trinajstić information content (AvgIpc) is 2.62. The Hall–Kier alpha value is -2.74. The van der Waals surface area contributed by atoms with Crippen molar-refractivity contribution >= 4 is 17.6 Å². The first-order valence-electron chi connectivity index (χ1n) is 7.56. The molecule has 0 bridgehead atoms. The Kier molecular flexibility index (Phi) is 5.52. The van der Waals surface area contributed by atoms with Crippen LogP contribution in [0.25, 0.3) is 0 Å². The Bertz CT molecular complexity index is 849. The van der Waals surface area contributed by atoms with Crippen molar-refractivity contribution < 1.29 is 0 Å². The second-order valence-electron chi connectivity index (χ2n) is 5.18. The van der Waals surface area contributed by atoms with Crippen LogP contribution in [-0.4, -0.2) is 4.98 Å². The predicted molar refractivity (Wildman–Crippen MR) is 100 cm³/mol. The number of benzene rings is 2. The molecule has 1 heterocycles. The molecule has 2 aromatic carbocycles. The van der Waals surface area contributed by atoms with Gasteiger partial charge in [0, 0.05) is 40.6 Å². The quantitative estimate of drug-likeness (QED) is 0.433. The highest BCUT2D eigenvalue weighted by atomic mass is 32.2. The number of hydrogen-bond acceptors (Lipinski definition) is 4. The fraction of sp³-hybridized carbons (Fsp3) is 0.0500. The maximum Gasteiger partial charge on any atom is 0.0326 e. The van der Waals surface area contributed by atoms with E-state index in [9.17, 15) is 0 Å². The third-order valence-electron chi connectivity index (χ3n) is 3.31. The van der Waals surface area contributed by atoms with E-state index in [-0.39, 0.29) is 0 Å². The van der Waals surface area contributed by atoms with Gasteiger partial charge < -0.3 is 5.73 Å². The van der Waals surface area contributed by atoms with Crippen LogP contribution in [0.3, 0.4) is 0 Å². The summed E-state index contributed by atoms with van der Waals surface area (Å²) in [6.07, 6.45) is 3.60. The minimum Gasteiger partial charge on any atom is -0.399 e. The number of nitrogen functional groups attached to an aromatic ring is 1. The van der Waals surface area contributed by atoms with Gasteiger partial charge in [0.2, 0.25) is 0 Å². The van der Waals surface area contributed by atoms with Crippen LogP contribution in [0.15, 0.2) is 78.0 Å². The lowest BCUT2D eigenvalue weighted by Gasteiger charge is -2.04. The Morgan fingerprint density at radius 3 is 2.42 bits per heavy atom. The molecule has 0 amide bonds. The first-order chi connectivity index (χ1) is 11.8. The number of rotatable bonds is 4. The summed E-state index contributed by atoms with van der Waals surface area (Å²) in [6.45, 7) is 0.796. The van der Waals surface area contributed by atoms with E-state index in [4.69, 9.17) is 5.73 Å². The van der Waals surface area contributed by atoms with E-state index in [0.717, 1.165) is 28.3 Å². The van der Waals surface area contributed by atoms with Gasteiger partial charge in [-0.05, 0) is 72.1 Å². The van der Waals surface area contributed by atoms with E-state index in [1.807, 2.05) is 48.5 Å². The van der Waals surface area contributed by atoms with Gasteiger partial charge in [0.15, 0.2) is 0 Å². The number of aromatic nitrogens is 1. The van der Waals surface area contributed by atoms with Crippen molar-refractivity contribution in [2.24, 2.45) is 0 Å². The molecule has 1 aromatic heterocycles. The molecular formula is C20H17N3S. The molecule has 0 aliphatic carbocycles. The van der Waals surface area contributed by atoms with Crippen LogP contribution in [0.4, 0.5) is 5.69 Å². The molecule has 0 saturated heterocycles. The molecule has 4 heteroatoms. The summed E-state index contributed by atoms with van der Waals surface area (Å²) < 4.78 is 3.34. The van der Waals surface area contributed by atoms with Crippen molar-refractivity contribution in [3.05, 3.63) is 89.7 Å². The van der Waals surface area contributed by atoms with Crippen molar-refractivity contribution in [3.63, 3.8) is 0 Å². The van der Waals surface area contributed by atoms with Gasteiger partial charge in [-0.1, -0.05) is 17.9 Å². The van der Waals surface area contributed by atoms with Crippen molar-refractivity contribution in [2.45, 2.75) is 11.4 Å². The van der Waals surface area contributed by atoms with Crippen molar-refractivity contribution in [1.82, 2.24) is 9.71 Å². The van der Waals surface area contributed by atoms with Crippen LogP contribution in [0.5, 0.6) is 0 Å². The summed E-state index contributed by atoms with van der Waals surface area (Å²) in [6, 6.07) is 19.8. The third kappa shape index (κ3) is 4.88. The number of anilines is 1. The molecule has 0 aliphatic rings. The molecular weight excluding hydrogens is 314 g/mol. The van der Waals surface area contributed by atoms with Gasteiger partial charge in [-0.25, -0.2) is 0 Å². The smallest absolute Gasteiger partial charge is 0.0326 e. The highest BCUT2D eigenvalue weighted by Crippen LogP contribution is 2.16. The highest BCUT2D eigenvalue weighted by Gasteiger charge is 1.96. The summed E-state index contributed by atoms with van der Waals surface area (Å²) in [5.41, 5.74) is 9.60. The zero-order valence-electron chi connectivity index (χ0n) is 13.1. The molecule has 118 valence electrons. The lowest BCUT2D eigenvalue weighted by Crippen LogP contribution is -2.02. The fourth-order valence-electron chi connectivity index (χ4n) is 2.07. The molecule has 3 N–H and O–H groups in total. The lowest BCUT2D eigenvalue weighted by molar-refractivity contribution is 0.969. The number of hydrogen-bond donors (Lipinski definition) is 2. The van der Waals surface area contributed by atoms with Gasteiger partial charge in [-0.3, -0.25) is 9.71 Å². The van der Waals surface area contributed by atoms with Gasteiger partial charge in [0.1, 0.15) is 0 Å². The minimum atomic E-state index is 0.730. The van der Waals surface area contributed by atoms with Crippen molar-refractivity contribution in [1.29, 1.82) is 0 Å². The van der Waals surface area contributed by atoms with Crippen LogP contribution in [-0.2, 0) is 6.54 Å². The average molecular weight is 331 g/mol. The van der Waals surface area contributed by atoms with E-state index in [1.165, 1.54) is 5.56 Å². The Morgan fingerprint density at radius 1 is 0.917 bits per heavy atom.